The Morgan fingerprint density at radius 3 is 2.80 bits per heavy atom. The van der Waals surface area contributed by atoms with Crippen LogP contribution in [0.1, 0.15) is 0 Å². The van der Waals surface area contributed by atoms with E-state index in [2.05, 4.69) is 20.2 Å². The highest BCUT2D eigenvalue weighted by molar-refractivity contribution is 5.61. The third-order valence-electron chi connectivity index (χ3n) is 2.71. The molecule has 0 radical (unpaired) electrons. The number of aromatic nitrogens is 4. The van der Waals surface area contributed by atoms with Crippen LogP contribution in [0.5, 0.6) is 0 Å². The number of nitrogens with one attached hydrogen (secondary N) is 1. The van der Waals surface area contributed by atoms with Crippen LogP contribution in [0.3, 0.4) is 0 Å². The zero-order valence-corrected chi connectivity index (χ0v) is 10.2. The van der Waals surface area contributed by atoms with E-state index in [9.17, 15) is 10.1 Å². The van der Waals surface area contributed by atoms with E-state index in [0.717, 1.165) is 0 Å². The fraction of sp³-hybridized carbons (Fsp3) is 0. The smallest absolute Gasteiger partial charge is 0.258 e. The van der Waals surface area contributed by atoms with Gasteiger partial charge in [0.25, 0.3) is 5.69 Å². The van der Waals surface area contributed by atoms with Crippen molar-refractivity contribution in [1.29, 1.82) is 0 Å². The molecule has 3 aromatic rings. The van der Waals surface area contributed by atoms with E-state index in [4.69, 9.17) is 0 Å². The highest BCUT2D eigenvalue weighted by atomic mass is 16.6. The van der Waals surface area contributed by atoms with Crippen molar-refractivity contribution in [3.05, 3.63) is 58.8 Å². The quantitative estimate of drug-likeness (QED) is 0.580. The Bertz CT molecular complexity index is 754. The van der Waals surface area contributed by atoms with Crippen molar-refractivity contribution in [1.82, 2.24) is 20.2 Å². The van der Waals surface area contributed by atoms with Crippen LogP contribution in [0.15, 0.2) is 48.7 Å². The molecule has 1 N–H and O–H groups in total. The van der Waals surface area contributed by atoms with Crippen molar-refractivity contribution in [2.75, 3.05) is 0 Å². The van der Waals surface area contributed by atoms with Gasteiger partial charge in [0, 0.05) is 23.9 Å². The molecule has 0 aliphatic carbocycles. The molecule has 0 aliphatic heterocycles. The van der Waals surface area contributed by atoms with Crippen LogP contribution < -0.4 is 0 Å². The van der Waals surface area contributed by atoms with Gasteiger partial charge in [-0.25, -0.2) is 4.98 Å². The maximum absolute atomic E-state index is 10.8. The monoisotopic (exact) mass is 267 g/mol. The molecular formula is C13H9N5O2. The molecule has 20 heavy (non-hydrogen) atoms. The molecule has 3 rings (SSSR count). The highest BCUT2D eigenvalue weighted by Gasteiger charge is 2.12. The number of hydrogen-bond donors (Lipinski definition) is 1. The van der Waals surface area contributed by atoms with Crippen molar-refractivity contribution < 1.29 is 4.92 Å². The molecule has 1 aromatic carbocycles. The third-order valence-corrected chi connectivity index (χ3v) is 2.71. The second-order valence-corrected chi connectivity index (χ2v) is 4.03. The number of hydrogen-bond acceptors (Lipinski definition) is 5. The first kappa shape index (κ1) is 12.0. The molecule has 2 aromatic heterocycles. The van der Waals surface area contributed by atoms with Crippen LogP contribution in [0.4, 0.5) is 5.69 Å². The molecule has 0 spiro atoms. The van der Waals surface area contributed by atoms with Gasteiger partial charge in [0.05, 0.1) is 4.92 Å². The molecule has 7 nitrogen and oxygen atoms in total. The van der Waals surface area contributed by atoms with Gasteiger partial charge in [0.15, 0.2) is 11.6 Å². The molecule has 0 aliphatic rings. The Morgan fingerprint density at radius 2 is 2.05 bits per heavy atom. The molecule has 0 bridgehead atoms. The fourth-order valence-corrected chi connectivity index (χ4v) is 1.77. The summed E-state index contributed by atoms with van der Waals surface area (Å²) in [5.41, 5.74) is 1.25. The lowest BCUT2D eigenvalue weighted by Gasteiger charge is -1.95. The van der Waals surface area contributed by atoms with Gasteiger partial charge in [0.2, 0.25) is 0 Å². The van der Waals surface area contributed by atoms with Gasteiger partial charge >= 0.3 is 0 Å². The number of H-pyrrole nitrogens is 1. The standard InChI is InChI=1S/C13H9N5O2/c19-18(20)10-5-3-4-9(8-10)12-15-13(17-16-12)11-6-1-2-7-14-11/h1-8H,(H,15,16,17). The minimum Gasteiger partial charge on any atom is -0.258 e. The van der Waals surface area contributed by atoms with Gasteiger partial charge in [-0.05, 0) is 12.1 Å². The molecule has 0 saturated heterocycles. The largest absolute Gasteiger partial charge is 0.270 e. The number of nitro benzene ring substituents is 1. The zero-order valence-electron chi connectivity index (χ0n) is 10.2. The maximum Gasteiger partial charge on any atom is 0.270 e. The summed E-state index contributed by atoms with van der Waals surface area (Å²) in [5, 5.41) is 17.6. The van der Waals surface area contributed by atoms with Gasteiger partial charge in [-0.3, -0.25) is 20.2 Å². The number of rotatable bonds is 3. The van der Waals surface area contributed by atoms with Crippen LogP contribution in [0.2, 0.25) is 0 Å². The normalized spacial score (nSPS) is 10.4. The van der Waals surface area contributed by atoms with E-state index < -0.39 is 4.92 Å². The molecule has 0 atom stereocenters. The maximum atomic E-state index is 10.8. The Kier molecular flexibility index (Phi) is 2.92. The molecule has 0 fully saturated rings. The van der Waals surface area contributed by atoms with Crippen molar-refractivity contribution in [2.45, 2.75) is 0 Å². The Balaban J connectivity index is 1.98. The fourth-order valence-electron chi connectivity index (χ4n) is 1.77. The van der Waals surface area contributed by atoms with E-state index >= 15 is 0 Å². The number of non-ortho nitro benzene ring substituents is 1. The van der Waals surface area contributed by atoms with Gasteiger partial charge in [-0.15, -0.1) is 0 Å². The average Bonchev–Trinajstić information content (AvgIpc) is 2.98. The topological polar surface area (TPSA) is 97.6 Å². The van der Waals surface area contributed by atoms with Crippen molar-refractivity contribution in [3.8, 4) is 22.9 Å². The summed E-state index contributed by atoms with van der Waals surface area (Å²) in [4.78, 5) is 18.8. The zero-order chi connectivity index (χ0) is 13.9. The lowest BCUT2D eigenvalue weighted by molar-refractivity contribution is -0.384. The van der Waals surface area contributed by atoms with E-state index in [0.29, 0.717) is 22.9 Å². The second-order valence-electron chi connectivity index (χ2n) is 4.03. The van der Waals surface area contributed by atoms with E-state index in [1.165, 1.54) is 12.1 Å². The predicted octanol–water partition coefficient (Wildman–Crippen LogP) is 2.44. The van der Waals surface area contributed by atoms with Crippen LogP contribution in [0, 0.1) is 10.1 Å². The lowest BCUT2D eigenvalue weighted by atomic mass is 10.2. The lowest BCUT2D eigenvalue weighted by Crippen LogP contribution is -1.89. The van der Waals surface area contributed by atoms with Gasteiger partial charge < -0.3 is 0 Å². The number of pyridine rings is 1. The molecular weight excluding hydrogens is 258 g/mol. The van der Waals surface area contributed by atoms with E-state index in [-0.39, 0.29) is 5.69 Å². The molecule has 2 heterocycles. The predicted molar refractivity (Wildman–Crippen MR) is 71.7 cm³/mol. The minimum absolute atomic E-state index is 0.00619. The average molecular weight is 267 g/mol. The minimum atomic E-state index is -0.449. The molecule has 0 saturated carbocycles. The summed E-state index contributed by atoms with van der Waals surface area (Å²) >= 11 is 0. The number of nitrogens with zero attached hydrogens (tertiary/aromatic N) is 4. The first-order chi connectivity index (χ1) is 9.74. The van der Waals surface area contributed by atoms with Crippen LogP contribution >= 0.6 is 0 Å². The summed E-state index contributed by atoms with van der Waals surface area (Å²) in [5.74, 6) is 0.918. The van der Waals surface area contributed by atoms with E-state index in [1.54, 1.807) is 30.5 Å². The first-order valence-electron chi connectivity index (χ1n) is 5.83. The molecule has 7 heteroatoms. The molecule has 98 valence electrons. The second kappa shape index (κ2) is 4.88. The van der Waals surface area contributed by atoms with Crippen LogP contribution in [0.25, 0.3) is 22.9 Å². The Hall–Kier alpha value is -3.09. The van der Waals surface area contributed by atoms with Crippen LogP contribution in [-0.4, -0.2) is 25.1 Å². The van der Waals surface area contributed by atoms with Crippen molar-refractivity contribution in [3.63, 3.8) is 0 Å². The molecule has 0 amide bonds. The third kappa shape index (κ3) is 2.24. The number of nitro groups is 1. The summed E-state index contributed by atoms with van der Waals surface area (Å²) < 4.78 is 0. The van der Waals surface area contributed by atoms with Crippen LogP contribution in [-0.2, 0) is 0 Å². The summed E-state index contributed by atoms with van der Waals surface area (Å²) in [6.07, 6.45) is 1.66. The van der Waals surface area contributed by atoms with Crippen molar-refractivity contribution >= 4 is 5.69 Å². The summed E-state index contributed by atoms with van der Waals surface area (Å²) in [6.45, 7) is 0. The number of aromatic amines is 1. The van der Waals surface area contributed by atoms with Gasteiger partial charge in [0.1, 0.15) is 5.69 Å². The summed E-state index contributed by atoms with van der Waals surface area (Å²) in [7, 11) is 0. The highest BCUT2D eigenvalue weighted by Crippen LogP contribution is 2.22. The SMILES string of the molecule is O=[N+]([O-])c1cccc(-c2n[nH]c(-c3ccccn3)n2)c1. The van der Waals surface area contributed by atoms with Gasteiger partial charge in [-0.1, -0.05) is 18.2 Å². The van der Waals surface area contributed by atoms with E-state index in [1.807, 2.05) is 6.07 Å². The first-order valence-corrected chi connectivity index (χ1v) is 5.83. The van der Waals surface area contributed by atoms with Gasteiger partial charge in [-0.2, -0.15) is 5.10 Å². The number of benzene rings is 1. The Labute approximate surface area is 113 Å². The Morgan fingerprint density at radius 1 is 1.15 bits per heavy atom. The molecule has 0 unspecified atom stereocenters. The summed E-state index contributed by atoms with van der Waals surface area (Å²) in [6, 6.07) is 11.6. The van der Waals surface area contributed by atoms with Crippen molar-refractivity contribution in [2.24, 2.45) is 0 Å².